The number of fused-ring (bicyclic) bond motifs is 5. The number of carbonyl (C=O) groups excluding carboxylic acids is 1. The average molecular weight is 483 g/mol. The van der Waals surface area contributed by atoms with Crippen molar-refractivity contribution in [2.75, 3.05) is 19.6 Å². The zero-order valence-electron chi connectivity index (χ0n) is 19.1. The third kappa shape index (κ3) is 3.38. The first-order chi connectivity index (χ1) is 16.5. The Balaban J connectivity index is 1.81. The molecule has 2 aromatic heterocycles. The van der Waals surface area contributed by atoms with Gasteiger partial charge in [0.2, 0.25) is 6.79 Å². The summed E-state index contributed by atoms with van der Waals surface area (Å²) in [6.45, 7) is 2.65. The normalized spacial score (nSPS) is 14.3. The van der Waals surface area contributed by atoms with Gasteiger partial charge in [0.15, 0.2) is 17.8 Å². The number of nitrogens with two attached hydrogens (primary N) is 1. The monoisotopic (exact) mass is 483 g/mol. The summed E-state index contributed by atoms with van der Waals surface area (Å²) in [6.07, 6.45) is 2.54. The molecule has 178 valence electrons. The van der Waals surface area contributed by atoms with Gasteiger partial charge in [-0.05, 0) is 24.5 Å². The Labute approximate surface area is 198 Å². The molecule has 2 N–H and O–H groups in total. The van der Waals surface area contributed by atoms with Crippen LogP contribution in [-0.2, 0) is 33.6 Å². The smallest absolute Gasteiger partial charge is 0.257 e. The van der Waals surface area contributed by atoms with Crippen LogP contribution in [0, 0.1) is 0 Å². The van der Waals surface area contributed by atoms with Gasteiger partial charge in [0.25, 0.3) is 5.56 Å². The van der Waals surface area contributed by atoms with Gasteiger partial charge in [-0.2, -0.15) is 0 Å². The number of nitrogens with zero attached hydrogens (tertiary/aromatic N) is 2. The van der Waals surface area contributed by atoms with Crippen molar-refractivity contribution in [3.8, 4) is 22.9 Å². The zero-order valence-corrected chi connectivity index (χ0v) is 20.2. The Bertz CT molecular complexity index is 1370. The first-order valence-electron chi connectivity index (χ1n) is 11.1. The molecule has 2 unspecified atom stereocenters. The lowest BCUT2D eigenvalue weighted by molar-refractivity contribution is -0.116. The number of pyridine rings is 2. The van der Waals surface area contributed by atoms with Crippen LogP contribution in [0.25, 0.3) is 22.3 Å². The molecule has 10 heteroatoms. The van der Waals surface area contributed by atoms with Gasteiger partial charge in [-0.3, -0.25) is 4.79 Å². The summed E-state index contributed by atoms with van der Waals surface area (Å²) in [6, 6.07) is 3.65. The van der Waals surface area contributed by atoms with Gasteiger partial charge in [0, 0.05) is 44.7 Å². The molecule has 0 aliphatic carbocycles. The molecule has 2 atom stereocenters. The molecule has 4 heterocycles. The Morgan fingerprint density at radius 2 is 2.15 bits per heavy atom. The van der Waals surface area contributed by atoms with Crippen molar-refractivity contribution in [2.24, 2.45) is 0 Å². The van der Waals surface area contributed by atoms with Crippen LogP contribution in [0.2, 0.25) is 0 Å². The molecule has 0 spiro atoms. The minimum atomic E-state index is -0.887. The first kappa shape index (κ1) is 22.8. The number of hydrogen-bond acceptors (Lipinski definition) is 8. The number of ether oxygens (including phenoxy) is 3. The highest BCUT2D eigenvalue weighted by atomic mass is 31.0. The summed E-state index contributed by atoms with van der Waals surface area (Å²) in [7, 11) is 3.58. The van der Waals surface area contributed by atoms with E-state index in [0.29, 0.717) is 58.0 Å². The second-order valence-electron chi connectivity index (χ2n) is 8.40. The van der Waals surface area contributed by atoms with E-state index in [-0.39, 0.29) is 19.0 Å². The van der Waals surface area contributed by atoms with Gasteiger partial charge in [-0.25, -0.2) is 4.98 Å². The molecule has 0 fully saturated rings. The maximum Gasteiger partial charge on any atom is 0.257 e. The third-order valence-electron chi connectivity index (χ3n) is 6.55. The maximum absolute atomic E-state index is 13.5. The van der Waals surface area contributed by atoms with Crippen molar-refractivity contribution in [2.45, 2.75) is 45.4 Å². The molecular weight excluding hydrogens is 457 g/mol. The summed E-state index contributed by atoms with van der Waals surface area (Å²) in [5.41, 5.74) is 11.7. The van der Waals surface area contributed by atoms with E-state index < -0.39 is 6.10 Å². The van der Waals surface area contributed by atoms with Crippen molar-refractivity contribution < 1.29 is 23.5 Å². The van der Waals surface area contributed by atoms with E-state index >= 15 is 0 Å². The molecule has 1 aromatic carbocycles. The number of carbonyl (C=O) groups is 1. The predicted octanol–water partition coefficient (Wildman–Crippen LogP) is 3.27. The second-order valence-corrected chi connectivity index (χ2v) is 8.73. The van der Waals surface area contributed by atoms with Gasteiger partial charge < -0.3 is 33.8 Å². The molecule has 34 heavy (non-hydrogen) atoms. The number of unbranched alkanes of at least 4 members (excludes halogenated alkanes) is 1. The van der Waals surface area contributed by atoms with Crippen LogP contribution in [0.3, 0.4) is 0 Å². The van der Waals surface area contributed by atoms with Crippen molar-refractivity contribution in [3.05, 3.63) is 44.7 Å². The van der Waals surface area contributed by atoms with Gasteiger partial charge in [-0.15, -0.1) is 0 Å². The quantitative estimate of drug-likeness (QED) is 0.231. The largest absolute Gasteiger partial charge is 0.453 e. The number of rotatable bonds is 8. The highest BCUT2D eigenvalue weighted by Gasteiger charge is 2.31. The van der Waals surface area contributed by atoms with E-state index in [1.807, 2.05) is 12.1 Å². The molecule has 0 radical (unpaired) electrons. The summed E-state index contributed by atoms with van der Waals surface area (Å²) >= 11 is 0. The molecule has 2 aliphatic heterocycles. The van der Waals surface area contributed by atoms with Gasteiger partial charge in [0.1, 0.15) is 6.10 Å². The number of aryl methyl sites for hydroxylation is 1. The highest BCUT2D eigenvalue weighted by molar-refractivity contribution is 7.09. The molecule has 2 aliphatic rings. The SMILES string of the molecule is CCCCc1c2c(nc3cc4c(c(N)c13)OCO4)-c1cc(C(C=O)OC)c(COP)c(=O)n1C2. The number of hydrogen-bond donors (Lipinski definition) is 1. The molecule has 0 bridgehead atoms. The number of anilines is 1. The van der Waals surface area contributed by atoms with E-state index in [2.05, 4.69) is 16.4 Å². The molecule has 3 aromatic rings. The Hall–Kier alpha value is -3.00. The minimum absolute atomic E-state index is 0.0373. The number of benzene rings is 1. The van der Waals surface area contributed by atoms with Crippen LogP contribution in [0.1, 0.15) is 48.1 Å². The lowest BCUT2D eigenvalue weighted by Crippen LogP contribution is -2.26. The molecule has 5 rings (SSSR count). The fraction of sp³-hybridized carbons (Fsp3) is 0.375. The Morgan fingerprint density at radius 3 is 2.85 bits per heavy atom. The zero-order chi connectivity index (χ0) is 24.0. The molecule has 0 saturated carbocycles. The van der Waals surface area contributed by atoms with Crippen molar-refractivity contribution in [1.29, 1.82) is 0 Å². The summed E-state index contributed by atoms with van der Waals surface area (Å²) in [5.74, 6) is 1.10. The Morgan fingerprint density at radius 1 is 1.32 bits per heavy atom. The van der Waals surface area contributed by atoms with E-state index in [4.69, 9.17) is 29.5 Å². The molecule has 0 saturated heterocycles. The van der Waals surface area contributed by atoms with E-state index in [1.165, 1.54) is 7.11 Å². The Kier molecular flexibility index (Phi) is 6.02. The van der Waals surface area contributed by atoms with E-state index in [9.17, 15) is 9.59 Å². The summed E-state index contributed by atoms with van der Waals surface area (Å²) in [5, 5.41) is 0.841. The van der Waals surface area contributed by atoms with Gasteiger partial charge in [-0.1, -0.05) is 13.3 Å². The molecule has 0 amide bonds. The van der Waals surface area contributed by atoms with Crippen LogP contribution in [0.4, 0.5) is 5.69 Å². The summed E-state index contributed by atoms with van der Waals surface area (Å²) in [4.78, 5) is 30.2. The first-order valence-corrected chi connectivity index (χ1v) is 11.6. The summed E-state index contributed by atoms with van der Waals surface area (Å²) < 4.78 is 23.4. The average Bonchev–Trinajstić information content (AvgIpc) is 3.45. The fourth-order valence-electron chi connectivity index (χ4n) is 4.91. The van der Waals surface area contributed by atoms with Crippen LogP contribution in [-0.4, -0.2) is 29.7 Å². The van der Waals surface area contributed by atoms with Crippen LogP contribution in [0.5, 0.6) is 11.5 Å². The van der Waals surface area contributed by atoms with Crippen LogP contribution in [0.15, 0.2) is 16.9 Å². The predicted molar refractivity (Wildman–Crippen MR) is 130 cm³/mol. The van der Waals surface area contributed by atoms with Crippen molar-refractivity contribution in [3.63, 3.8) is 0 Å². The van der Waals surface area contributed by atoms with Gasteiger partial charge in [0.05, 0.1) is 35.7 Å². The third-order valence-corrected chi connectivity index (χ3v) is 6.72. The topological polar surface area (TPSA) is 115 Å². The van der Waals surface area contributed by atoms with Crippen LogP contribution >= 0.6 is 9.47 Å². The molecule has 9 nitrogen and oxygen atoms in total. The van der Waals surface area contributed by atoms with E-state index in [0.717, 1.165) is 35.8 Å². The molecular formula is C24H26N3O6P. The van der Waals surface area contributed by atoms with E-state index in [1.54, 1.807) is 4.57 Å². The standard InChI is InChI=1S/C24H26N3O6P/c1-3-4-5-12-14-8-27-17(6-13(19(9-28)30-2)15(10-33-34)24(27)29)22(14)26-16-7-18-23(32-11-31-18)21(25)20(12)16/h6-7,9,19H,3-5,8,10-11,25,34H2,1-2H3. The number of nitrogen functional groups attached to an aromatic ring is 1. The fourth-order valence-corrected chi connectivity index (χ4v) is 5.08. The van der Waals surface area contributed by atoms with Crippen molar-refractivity contribution >= 4 is 32.3 Å². The van der Waals surface area contributed by atoms with Crippen molar-refractivity contribution in [1.82, 2.24) is 9.55 Å². The number of aromatic nitrogens is 2. The lowest BCUT2D eigenvalue weighted by Gasteiger charge is -2.16. The second kappa shape index (κ2) is 8.98. The van der Waals surface area contributed by atoms with Crippen LogP contribution < -0.4 is 20.8 Å². The number of aldehydes is 1. The lowest BCUT2D eigenvalue weighted by atomic mass is 9.94. The maximum atomic E-state index is 13.5. The highest BCUT2D eigenvalue weighted by Crippen LogP contribution is 2.46. The number of methoxy groups -OCH3 is 1. The minimum Gasteiger partial charge on any atom is -0.453 e. The van der Waals surface area contributed by atoms with Gasteiger partial charge >= 0.3 is 0 Å².